The minimum absolute atomic E-state index is 0. The molecule has 0 spiro atoms. The number of aliphatic hydroxyl groups excluding tert-OH is 4. The number of nitrogens with zero attached hydrogens (tertiary/aromatic N) is 2. The van der Waals surface area contributed by atoms with Crippen LogP contribution in [0.25, 0.3) is 0 Å². The Morgan fingerprint density at radius 3 is 1.77 bits per heavy atom. The number of benzene rings is 1. The van der Waals surface area contributed by atoms with E-state index in [9.17, 15) is 20.4 Å². The monoisotopic (exact) mass is 714 g/mol. The maximum atomic E-state index is 10.2. The predicted octanol–water partition coefficient (Wildman–Crippen LogP) is 0.467. The van der Waals surface area contributed by atoms with Gasteiger partial charge >= 0.3 is 0 Å². The topological polar surface area (TPSA) is 134 Å². The third-order valence-electron chi connectivity index (χ3n) is 5.52. The van der Waals surface area contributed by atoms with Gasteiger partial charge in [-0.15, -0.1) is 0 Å². The van der Waals surface area contributed by atoms with E-state index in [1.807, 2.05) is 18.2 Å². The van der Waals surface area contributed by atoms with Gasteiger partial charge in [0.1, 0.15) is 31.0 Å². The first-order valence-electron chi connectivity index (χ1n) is 11.6. The van der Waals surface area contributed by atoms with Gasteiger partial charge in [0.2, 0.25) is 0 Å². The van der Waals surface area contributed by atoms with Crippen LogP contribution in [0.4, 0.5) is 0 Å². The van der Waals surface area contributed by atoms with Gasteiger partial charge in [-0.2, -0.15) is 0 Å². The van der Waals surface area contributed by atoms with Crippen LogP contribution >= 0.6 is 0 Å². The van der Waals surface area contributed by atoms with Crippen molar-refractivity contribution >= 4 is 0 Å². The fourth-order valence-electron chi connectivity index (χ4n) is 3.55. The van der Waals surface area contributed by atoms with Crippen molar-refractivity contribution in [2.24, 2.45) is 0 Å². The molecule has 0 amide bonds. The summed E-state index contributed by atoms with van der Waals surface area (Å²) in [7, 11) is 0. The number of ether oxygens (including phenoxy) is 3. The Labute approximate surface area is 253 Å². The van der Waals surface area contributed by atoms with Crippen LogP contribution in [-0.4, -0.2) is 80.9 Å². The summed E-state index contributed by atoms with van der Waals surface area (Å²) in [5.74, 6) is 12.9. The molecule has 3 aromatic rings. The first-order chi connectivity index (χ1) is 18.1. The average molecular weight is 715 g/mol. The zero-order chi connectivity index (χ0) is 26.0. The summed E-state index contributed by atoms with van der Waals surface area (Å²) in [5, 5.41) is 39.3. The molecular weight excluding hydrogens is 689 g/mol. The molecule has 1 aliphatic rings. The van der Waals surface area contributed by atoms with Crippen molar-refractivity contribution in [3.8, 4) is 29.4 Å². The molecular formula is C28H26N2O7Pd2. The molecule has 9 nitrogen and oxygen atoms in total. The third kappa shape index (κ3) is 9.02. The molecule has 4 N–H and O–H groups in total. The van der Waals surface area contributed by atoms with Crippen molar-refractivity contribution in [2.75, 3.05) is 19.8 Å². The van der Waals surface area contributed by atoms with Crippen LogP contribution < -0.4 is 4.74 Å². The summed E-state index contributed by atoms with van der Waals surface area (Å²) < 4.78 is 16.9. The van der Waals surface area contributed by atoms with Crippen molar-refractivity contribution in [1.29, 1.82) is 0 Å². The summed E-state index contributed by atoms with van der Waals surface area (Å²) in [5.41, 5.74) is 2.82. The Bertz CT molecular complexity index is 1220. The molecule has 0 aliphatic carbocycles. The minimum atomic E-state index is -1.52. The number of aromatic nitrogens is 2. The number of pyridine rings is 2. The Kier molecular flexibility index (Phi) is 13.9. The molecule has 5 atom stereocenters. The summed E-state index contributed by atoms with van der Waals surface area (Å²) >= 11 is 0. The van der Waals surface area contributed by atoms with Crippen LogP contribution in [-0.2, 0) is 50.3 Å². The summed E-state index contributed by atoms with van der Waals surface area (Å²) in [6, 6.07) is 12.7. The second-order valence-electron chi connectivity index (χ2n) is 8.07. The second kappa shape index (κ2) is 16.6. The quantitative estimate of drug-likeness (QED) is 0.163. The number of para-hydroxylation sites is 1. The van der Waals surface area contributed by atoms with E-state index >= 15 is 0 Å². The van der Waals surface area contributed by atoms with Gasteiger partial charge in [0.15, 0.2) is 12.0 Å². The molecule has 0 saturated carbocycles. The van der Waals surface area contributed by atoms with Crippen LogP contribution in [0.2, 0.25) is 0 Å². The van der Waals surface area contributed by atoms with E-state index in [2.05, 4.69) is 33.6 Å². The minimum Gasteiger partial charge on any atom is -0.489 e. The molecule has 11 heteroatoms. The van der Waals surface area contributed by atoms with Crippen molar-refractivity contribution in [3.63, 3.8) is 0 Å². The molecule has 3 heterocycles. The van der Waals surface area contributed by atoms with Crippen molar-refractivity contribution in [2.45, 2.75) is 30.7 Å². The normalized spacial score (nSPS) is 21.6. The molecule has 210 valence electrons. The number of rotatable bonds is 6. The van der Waals surface area contributed by atoms with Gasteiger partial charge < -0.3 is 34.6 Å². The zero-order valence-corrected chi connectivity index (χ0v) is 23.5. The average Bonchev–Trinajstić information content (AvgIpc) is 2.94. The van der Waals surface area contributed by atoms with E-state index in [0.717, 1.165) is 11.1 Å². The first kappa shape index (κ1) is 32.7. The van der Waals surface area contributed by atoms with E-state index < -0.39 is 37.3 Å². The molecule has 4 rings (SSSR count). The Hall–Kier alpha value is -2.48. The second-order valence-corrected chi connectivity index (χ2v) is 8.07. The van der Waals surface area contributed by atoms with Crippen LogP contribution in [0.3, 0.4) is 0 Å². The SMILES string of the molecule is OCC1O[C@@H](OCCOc2c(C#Cc3ccncc3)cccc2C#Cc2ccncc2)C(O)[C@@H](O)[C@@H]1O.[Pd].[Pd]. The summed E-state index contributed by atoms with van der Waals surface area (Å²) in [4.78, 5) is 7.99. The Morgan fingerprint density at radius 2 is 1.26 bits per heavy atom. The molecule has 1 aliphatic heterocycles. The molecule has 0 bridgehead atoms. The van der Waals surface area contributed by atoms with Crippen LogP contribution in [0.15, 0.2) is 67.3 Å². The zero-order valence-electron chi connectivity index (χ0n) is 20.4. The van der Waals surface area contributed by atoms with Gasteiger partial charge in [-0.05, 0) is 36.4 Å². The van der Waals surface area contributed by atoms with Gasteiger partial charge in [-0.25, -0.2) is 0 Å². The standard InChI is InChI=1S/C28H26N2O7.2Pd/c31-18-23-24(32)25(33)26(34)28(37-23)36-17-16-35-27-21(6-4-19-8-12-29-13-9-19)2-1-3-22(27)7-5-20-10-14-30-15-11-20;;/h1-3,8-15,23-26,28,31-34H,16-18H2;;/t23?,24-,25+,26?,28-;;/m1../s1. The van der Waals surface area contributed by atoms with Crippen LogP contribution in [0.1, 0.15) is 22.3 Å². The van der Waals surface area contributed by atoms with Crippen molar-refractivity contribution in [1.82, 2.24) is 9.97 Å². The Balaban J connectivity index is 0.00000267. The van der Waals surface area contributed by atoms with Crippen molar-refractivity contribution in [3.05, 3.63) is 89.5 Å². The van der Waals surface area contributed by atoms with E-state index in [0.29, 0.717) is 16.9 Å². The van der Waals surface area contributed by atoms with Gasteiger partial charge in [0, 0.05) is 76.8 Å². The maximum absolute atomic E-state index is 10.2. The van der Waals surface area contributed by atoms with Gasteiger partial charge in [0.25, 0.3) is 0 Å². The van der Waals surface area contributed by atoms with Crippen LogP contribution in [0.5, 0.6) is 5.75 Å². The number of aliphatic hydroxyl groups is 4. The summed E-state index contributed by atoms with van der Waals surface area (Å²) in [6.45, 7) is -0.511. The molecule has 1 saturated heterocycles. The predicted molar refractivity (Wildman–Crippen MR) is 132 cm³/mol. The number of hydrogen-bond acceptors (Lipinski definition) is 9. The molecule has 2 aromatic heterocycles. The number of hydrogen-bond donors (Lipinski definition) is 4. The fraction of sp³-hybridized carbons (Fsp3) is 0.286. The van der Waals surface area contributed by atoms with E-state index in [-0.39, 0.29) is 54.1 Å². The largest absolute Gasteiger partial charge is 0.489 e. The van der Waals surface area contributed by atoms with Gasteiger partial charge in [0.05, 0.1) is 24.3 Å². The molecule has 1 aromatic carbocycles. The van der Waals surface area contributed by atoms with Gasteiger partial charge in [-0.3, -0.25) is 9.97 Å². The van der Waals surface area contributed by atoms with E-state index in [4.69, 9.17) is 14.2 Å². The Morgan fingerprint density at radius 1 is 0.718 bits per heavy atom. The summed E-state index contributed by atoms with van der Waals surface area (Å²) in [6.07, 6.45) is -0.112. The molecule has 39 heavy (non-hydrogen) atoms. The molecule has 0 radical (unpaired) electrons. The molecule has 1 fully saturated rings. The fourth-order valence-corrected chi connectivity index (χ4v) is 3.55. The van der Waals surface area contributed by atoms with Crippen molar-refractivity contribution < 1.29 is 75.5 Å². The first-order valence-corrected chi connectivity index (χ1v) is 11.6. The van der Waals surface area contributed by atoms with E-state index in [1.165, 1.54) is 0 Å². The van der Waals surface area contributed by atoms with E-state index in [1.54, 1.807) is 49.1 Å². The van der Waals surface area contributed by atoms with Gasteiger partial charge in [-0.1, -0.05) is 29.7 Å². The third-order valence-corrected chi connectivity index (χ3v) is 5.52. The van der Waals surface area contributed by atoms with Crippen LogP contribution in [0, 0.1) is 23.7 Å². The smallest absolute Gasteiger partial charge is 0.186 e. The maximum Gasteiger partial charge on any atom is 0.186 e. The molecule has 2 unspecified atom stereocenters.